The number of aliphatic hydroxyl groups is 1. The Kier molecular flexibility index (Phi) is 3.26. The van der Waals surface area contributed by atoms with Gasteiger partial charge in [-0.15, -0.1) is 0 Å². The van der Waals surface area contributed by atoms with Crippen LogP contribution in [0.25, 0.3) is 11.7 Å². The van der Waals surface area contributed by atoms with Crippen molar-refractivity contribution < 1.29 is 14.0 Å². The standard InChI is InChI=1S/C10H11ClN2O3/c1-2-3-6(14)9-12-10(16-13-9)7-4-5-8(11)15-7/h4-6,14H,2-3H2,1H3. The maximum Gasteiger partial charge on any atom is 0.293 e. The molecule has 0 aliphatic heterocycles. The molecular weight excluding hydrogens is 232 g/mol. The predicted molar refractivity (Wildman–Crippen MR) is 56.9 cm³/mol. The maximum absolute atomic E-state index is 9.64. The molecule has 16 heavy (non-hydrogen) atoms. The number of aliphatic hydroxyl groups excluding tert-OH is 1. The van der Waals surface area contributed by atoms with Crippen LogP contribution >= 0.6 is 11.6 Å². The molecule has 5 nitrogen and oxygen atoms in total. The lowest BCUT2D eigenvalue weighted by molar-refractivity contribution is 0.153. The highest BCUT2D eigenvalue weighted by Gasteiger charge is 2.17. The molecule has 0 spiro atoms. The molecule has 0 amide bonds. The number of hydrogen-bond donors (Lipinski definition) is 1. The molecule has 0 aromatic carbocycles. The fraction of sp³-hybridized carbons (Fsp3) is 0.400. The van der Waals surface area contributed by atoms with Crippen LogP contribution in [0, 0.1) is 0 Å². The van der Waals surface area contributed by atoms with Crippen LogP contribution < -0.4 is 0 Å². The van der Waals surface area contributed by atoms with E-state index in [2.05, 4.69) is 10.1 Å². The molecule has 1 unspecified atom stereocenters. The molecule has 0 radical (unpaired) electrons. The van der Waals surface area contributed by atoms with Crippen LogP contribution in [0.2, 0.25) is 5.22 Å². The fourth-order valence-electron chi connectivity index (χ4n) is 1.30. The van der Waals surface area contributed by atoms with Gasteiger partial charge in [-0.1, -0.05) is 18.5 Å². The van der Waals surface area contributed by atoms with Gasteiger partial charge in [0.2, 0.25) is 5.82 Å². The molecule has 6 heteroatoms. The van der Waals surface area contributed by atoms with Crippen LogP contribution in [0.15, 0.2) is 21.1 Å². The van der Waals surface area contributed by atoms with Crippen LogP contribution in [0.3, 0.4) is 0 Å². The van der Waals surface area contributed by atoms with Crippen molar-refractivity contribution in [3.63, 3.8) is 0 Å². The summed E-state index contributed by atoms with van der Waals surface area (Å²) in [6.45, 7) is 1.97. The molecule has 1 atom stereocenters. The first-order valence-electron chi connectivity index (χ1n) is 4.98. The van der Waals surface area contributed by atoms with E-state index in [0.717, 1.165) is 6.42 Å². The summed E-state index contributed by atoms with van der Waals surface area (Å²) >= 11 is 5.62. The second-order valence-electron chi connectivity index (χ2n) is 3.37. The number of aromatic nitrogens is 2. The smallest absolute Gasteiger partial charge is 0.293 e. The average molecular weight is 243 g/mol. The Balaban J connectivity index is 2.19. The lowest BCUT2D eigenvalue weighted by atomic mass is 10.2. The second-order valence-corrected chi connectivity index (χ2v) is 3.74. The zero-order valence-electron chi connectivity index (χ0n) is 8.68. The minimum absolute atomic E-state index is 0.219. The molecule has 0 saturated heterocycles. The van der Waals surface area contributed by atoms with Crippen LogP contribution in [0.5, 0.6) is 0 Å². The third-order valence-electron chi connectivity index (χ3n) is 2.09. The van der Waals surface area contributed by atoms with Gasteiger partial charge in [-0.3, -0.25) is 0 Å². The molecule has 2 aromatic rings. The summed E-state index contributed by atoms with van der Waals surface area (Å²) in [6, 6.07) is 3.22. The molecule has 0 fully saturated rings. The van der Waals surface area contributed by atoms with Crippen molar-refractivity contribution in [2.45, 2.75) is 25.9 Å². The number of halogens is 1. The van der Waals surface area contributed by atoms with Crippen LogP contribution in [0.1, 0.15) is 31.7 Å². The highest BCUT2D eigenvalue weighted by atomic mass is 35.5. The largest absolute Gasteiger partial charge is 0.440 e. The second kappa shape index (κ2) is 4.67. The quantitative estimate of drug-likeness (QED) is 0.893. The Morgan fingerprint density at radius 1 is 1.50 bits per heavy atom. The van der Waals surface area contributed by atoms with Crippen molar-refractivity contribution in [3.8, 4) is 11.7 Å². The molecule has 0 saturated carbocycles. The summed E-state index contributed by atoms with van der Waals surface area (Å²) in [7, 11) is 0. The van der Waals surface area contributed by atoms with E-state index < -0.39 is 6.10 Å². The molecule has 2 rings (SSSR count). The van der Waals surface area contributed by atoms with Gasteiger partial charge in [-0.25, -0.2) is 0 Å². The van der Waals surface area contributed by atoms with E-state index in [1.165, 1.54) is 0 Å². The SMILES string of the molecule is CCCC(O)c1noc(-c2ccc(Cl)o2)n1. The van der Waals surface area contributed by atoms with Crippen LogP contribution in [0.4, 0.5) is 0 Å². The van der Waals surface area contributed by atoms with Gasteiger partial charge < -0.3 is 14.0 Å². The molecular formula is C10H11ClN2O3. The van der Waals surface area contributed by atoms with Gasteiger partial charge in [-0.2, -0.15) is 4.98 Å². The summed E-state index contributed by atoms with van der Waals surface area (Å²) in [4.78, 5) is 4.03. The minimum atomic E-state index is -0.701. The predicted octanol–water partition coefficient (Wildman–Crippen LogP) is 2.82. The third-order valence-corrected chi connectivity index (χ3v) is 2.29. The third kappa shape index (κ3) is 2.25. The molecule has 0 aliphatic rings. The van der Waals surface area contributed by atoms with E-state index in [1.54, 1.807) is 12.1 Å². The molecule has 0 bridgehead atoms. The van der Waals surface area contributed by atoms with Crippen molar-refractivity contribution >= 4 is 11.6 Å². The zero-order valence-corrected chi connectivity index (χ0v) is 9.44. The Morgan fingerprint density at radius 2 is 2.31 bits per heavy atom. The summed E-state index contributed by atoms with van der Waals surface area (Å²) in [5.41, 5.74) is 0. The number of nitrogens with zero attached hydrogens (tertiary/aromatic N) is 2. The van der Waals surface area contributed by atoms with E-state index in [4.69, 9.17) is 20.5 Å². The summed E-state index contributed by atoms with van der Waals surface area (Å²) < 4.78 is 10.1. The maximum atomic E-state index is 9.64. The summed E-state index contributed by atoms with van der Waals surface area (Å²) in [5.74, 6) is 0.883. The Morgan fingerprint density at radius 3 is 2.94 bits per heavy atom. The fourth-order valence-corrected chi connectivity index (χ4v) is 1.45. The molecule has 2 heterocycles. The van der Waals surface area contributed by atoms with Gasteiger partial charge in [0.1, 0.15) is 6.10 Å². The van der Waals surface area contributed by atoms with Crippen molar-refractivity contribution in [2.24, 2.45) is 0 Å². The topological polar surface area (TPSA) is 72.3 Å². The first kappa shape index (κ1) is 11.2. The van der Waals surface area contributed by atoms with Crippen molar-refractivity contribution in [1.29, 1.82) is 0 Å². The number of furan rings is 1. The van der Waals surface area contributed by atoms with E-state index in [9.17, 15) is 5.11 Å². The van der Waals surface area contributed by atoms with Crippen LogP contribution in [-0.4, -0.2) is 15.2 Å². The first-order chi connectivity index (χ1) is 7.70. The highest BCUT2D eigenvalue weighted by Crippen LogP contribution is 2.24. The summed E-state index contributed by atoms with van der Waals surface area (Å²) in [6.07, 6.45) is 0.739. The van der Waals surface area contributed by atoms with Crippen LogP contribution in [-0.2, 0) is 0 Å². The molecule has 86 valence electrons. The molecule has 1 N–H and O–H groups in total. The Hall–Kier alpha value is -1.33. The zero-order chi connectivity index (χ0) is 11.5. The lowest BCUT2D eigenvalue weighted by Gasteiger charge is -2.00. The van der Waals surface area contributed by atoms with Crippen molar-refractivity contribution in [3.05, 3.63) is 23.2 Å². The van der Waals surface area contributed by atoms with E-state index >= 15 is 0 Å². The summed E-state index contributed by atoms with van der Waals surface area (Å²) in [5, 5.41) is 13.6. The molecule has 0 aliphatic carbocycles. The van der Waals surface area contributed by atoms with Gasteiger partial charge in [-0.05, 0) is 30.2 Å². The van der Waals surface area contributed by atoms with E-state index in [1.807, 2.05) is 6.92 Å². The monoisotopic (exact) mass is 242 g/mol. The van der Waals surface area contributed by atoms with Gasteiger partial charge >= 0.3 is 0 Å². The van der Waals surface area contributed by atoms with E-state index in [-0.39, 0.29) is 16.9 Å². The minimum Gasteiger partial charge on any atom is -0.440 e. The Labute approximate surface area is 97.0 Å². The van der Waals surface area contributed by atoms with Gasteiger partial charge in [0, 0.05) is 0 Å². The Bertz CT molecular complexity index is 466. The van der Waals surface area contributed by atoms with Gasteiger partial charge in [0.15, 0.2) is 11.0 Å². The van der Waals surface area contributed by atoms with Gasteiger partial charge in [0.25, 0.3) is 5.89 Å². The number of hydrogen-bond acceptors (Lipinski definition) is 5. The first-order valence-corrected chi connectivity index (χ1v) is 5.36. The average Bonchev–Trinajstić information content (AvgIpc) is 2.85. The van der Waals surface area contributed by atoms with Crippen molar-refractivity contribution in [1.82, 2.24) is 10.1 Å². The highest BCUT2D eigenvalue weighted by molar-refractivity contribution is 6.28. The molecule has 2 aromatic heterocycles. The van der Waals surface area contributed by atoms with Crippen molar-refractivity contribution in [2.75, 3.05) is 0 Å². The van der Waals surface area contributed by atoms with Gasteiger partial charge in [0.05, 0.1) is 0 Å². The van der Waals surface area contributed by atoms with E-state index in [0.29, 0.717) is 12.2 Å². The lowest BCUT2D eigenvalue weighted by Crippen LogP contribution is -1.98. The number of rotatable bonds is 4. The normalized spacial score (nSPS) is 12.9.